The normalized spacial score (nSPS) is 10.1. The van der Waals surface area contributed by atoms with Crippen molar-refractivity contribution < 1.29 is 14.3 Å². The molecule has 5 heteroatoms. The summed E-state index contributed by atoms with van der Waals surface area (Å²) in [7, 11) is 0. The van der Waals surface area contributed by atoms with Gasteiger partial charge >= 0.3 is 6.03 Å². The third kappa shape index (κ3) is 6.68. The summed E-state index contributed by atoms with van der Waals surface area (Å²) in [6, 6.07) is -0.516. The zero-order valence-corrected chi connectivity index (χ0v) is 8.99. The van der Waals surface area contributed by atoms with E-state index < -0.39 is 6.03 Å². The van der Waals surface area contributed by atoms with Crippen molar-refractivity contribution in [2.45, 2.75) is 26.7 Å². The van der Waals surface area contributed by atoms with Crippen molar-refractivity contribution in [2.24, 2.45) is 5.73 Å². The fourth-order valence-electron chi connectivity index (χ4n) is 0.803. The minimum absolute atomic E-state index is 0.201. The predicted molar refractivity (Wildman–Crippen MR) is 53.6 cm³/mol. The summed E-state index contributed by atoms with van der Waals surface area (Å²) in [5, 5.41) is 0. The lowest BCUT2D eigenvalue weighted by Gasteiger charge is -2.19. The summed E-state index contributed by atoms with van der Waals surface area (Å²) in [6.45, 7) is 5.65. The van der Waals surface area contributed by atoms with E-state index in [1.165, 1.54) is 4.90 Å². The molecule has 0 saturated carbocycles. The number of carbonyl (C=O) groups is 1. The standard InChI is InChI=1S/C9H20N2O3/c1-3-5-13-7-11(9(10)12)8-14-6-4-2/h3-8H2,1-2H3,(H2,10,12). The Morgan fingerprint density at radius 1 is 1.14 bits per heavy atom. The molecule has 0 atom stereocenters. The van der Waals surface area contributed by atoms with Gasteiger partial charge in [-0.1, -0.05) is 13.8 Å². The van der Waals surface area contributed by atoms with Gasteiger partial charge in [-0.15, -0.1) is 0 Å². The average molecular weight is 204 g/mol. The maximum absolute atomic E-state index is 10.9. The van der Waals surface area contributed by atoms with Gasteiger partial charge in [-0.2, -0.15) is 0 Å². The second-order valence-electron chi connectivity index (χ2n) is 2.95. The second-order valence-corrected chi connectivity index (χ2v) is 2.95. The lowest BCUT2D eigenvalue weighted by atomic mass is 10.5. The van der Waals surface area contributed by atoms with Crippen LogP contribution in [-0.2, 0) is 9.47 Å². The first-order valence-electron chi connectivity index (χ1n) is 4.92. The fourth-order valence-corrected chi connectivity index (χ4v) is 0.803. The highest BCUT2D eigenvalue weighted by atomic mass is 16.5. The summed E-state index contributed by atoms with van der Waals surface area (Å²) in [6.07, 6.45) is 1.84. The SMILES string of the molecule is CCCOCN(COCCC)C(N)=O. The highest BCUT2D eigenvalue weighted by molar-refractivity contribution is 5.71. The largest absolute Gasteiger partial charge is 0.361 e. The summed E-state index contributed by atoms with van der Waals surface area (Å²) >= 11 is 0. The lowest BCUT2D eigenvalue weighted by molar-refractivity contribution is -0.0185. The van der Waals surface area contributed by atoms with Crippen molar-refractivity contribution in [3.05, 3.63) is 0 Å². The predicted octanol–water partition coefficient (Wildman–Crippen LogP) is 1.14. The van der Waals surface area contributed by atoms with Gasteiger partial charge in [0.05, 0.1) is 0 Å². The number of nitrogens with two attached hydrogens (primary N) is 1. The van der Waals surface area contributed by atoms with Gasteiger partial charge in [-0.25, -0.2) is 4.79 Å². The first kappa shape index (κ1) is 13.2. The van der Waals surface area contributed by atoms with E-state index in [0.29, 0.717) is 13.2 Å². The van der Waals surface area contributed by atoms with Crippen LogP contribution < -0.4 is 5.73 Å². The number of carbonyl (C=O) groups excluding carboxylic acids is 1. The fraction of sp³-hybridized carbons (Fsp3) is 0.889. The highest BCUT2D eigenvalue weighted by Crippen LogP contribution is 1.92. The molecule has 0 rings (SSSR count). The van der Waals surface area contributed by atoms with Crippen LogP contribution >= 0.6 is 0 Å². The number of primary amides is 1. The Hall–Kier alpha value is -0.810. The molecule has 0 aliphatic rings. The number of rotatable bonds is 8. The molecular weight excluding hydrogens is 184 g/mol. The molecule has 0 aliphatic heterocycles. The maximum Gasteiger partial charge on any atom is 0.318 e. The van der Waals surface area contributed by atoms with Crippen LogP contribution in [0.15, 0.2) is 0 Å². The summed E-state index contributed by atoms with van der Waals surface area (Å²) in [4.78, 5) is 12.2. The van der Waals surface area contributed by atoms with Gasteiger partial charge in [-0.3, -0.25) is 4.90 Å². The Labute approximate surface area is 85.1 Å². The number of hydrogen-bond acceptors (Lipinski definition) is 3. The van der Waals surface area contributed by atoms with Crippen LogP contribution in [0, 0.1) is 0 Å². The van der Waals surface area contributed by atoms with Crippen LogP contribution in [0.3, 0.4) is 0 Å². The topological polar surface area (TPSA) is 64.8 Å². The first-order chi connectivity index (χ1) is 6.72. The van der Waals surface area contributed by atoms with E-state index in [2.05, 4.69) is 0 Å². The van der Waals surface area contributed by atoms with E-state index in [1.807, 2.05) is 13.8 Å². The molecule has 0 spiro atoms. The molecule has 14 heavy (non-hydrogen) atoms. The number of ether oxygens (including phenoxy) is 2. The Balaban J connectivity index is 3.61. The third-order valence-electron chi connectivity index (χ3n) is 1.50. The molecule has 0 aromatic rings. The van der Waals surface area contributed by atoms with Crippen molar-refractivity contribution in [2.75, 3.05) is 26.7 Å². The summed E-state index contributed by atoms with van der Waals surface area (Å²) < 4.78 is 10.4. The van der Waals surface area contributed by atoms with Crippen molar-refractivity contribution in [1.82, 2.24) is 4.90 Å². The Bertz CT molecular complexity index is 143. The first-order valence-corrected chi connectivity index (χ1v) is 4.92. The van der Waals surface area contributed by atoms with Crippen LogP contribution in [0.2, 0.25) is 0 Å². The van der Waals surface area contributed by atoms with Gasteiger partial charge < -0.3 is 15.2 Å². The van der Waals surface area contributed by atoms with Crippen molar-refractivity contribution in [1.29, 1.82) is 0 Å². The van der Waals surface area contributed by atoms with Gasteiger partial charge in [0.2, 0.25) is 0 Å². The molecule has 0 fully saturated rings. The minimum atomic E-state index is -0.516. The molecule has 84 valence electrons. The molecule has 0 unspecified atom stereocenters. The number of urea groups is 1. The Morgan fingerprint density at radius 2 is 1.57 bits per heavy atom. The number of hydrogen-bond donors (Lipinski definition) is 1. The minimum Gasteiger partial charge on any atom is -0.361 e. The van der Waals surface area contributed by atoms with Gasteiger partial charge in [0.15, 0.2) is 0 Å². The Kier molecular flexibility index (Phi) is 8.27. The lowest BCUT2D eigenvalue weighted by Crippen LogP contribution is -2.39. The molecule has 5 nitrogen and oxygen atoms in total. The summed E-state index contributed by atoms with van der Waals surface area (Å²) in [5.74, 6) is 0. The quantitative estimate of drug-likeness (QED) is 0.476. The van der Waals surface area contributed by atoms with Crippen LogP contribution in [0.25, 0.3) is 0 Å². The van der Waals surface area contributed by atoms with E-state index in [4.69, 9.17) is 15.2 Å². The average Bonchev–Trinajstić information content (AvgIpc) is 2.15. The van der Waals surface area contributed by atoms with Crippen molar-refractivity contribution >= 4 is 6.03 Å². The molecule has 0 heterocycles. The zero-order chi connectivity index (χ0) is 10.8. The molecule has 2 amide bonds. The third-order valence-corrected chi connectivity index (χ3v) is 1.50. The van der Waals surface area contributed by atoms with Gasteiger partial charge in [-0.05, 0) is 12.8 Å². The van der Waals surface area contributed by atoms with Crippen LogP contribution in [0.1, 0.15) is 26.7 Å². The molecule has 0 aliphatic carbocycles. The number of amides is 2. The maximum atomic E-state index is 10.9. The molecule has 0 radical (unpaired) electrons. The smallest absolute Gasteiger partial charge is 0.318 e. The van der Waals surface area contributed by atoms with E-state index in [1.54, 1.807) is 0 Å². The van der Waals surface area contributed by atoms with Crippen LogP contribution in [-0.4, -0.2) is 37.6 Å². The molecule has 0 aromatic heterocycles. The van der Waals surface area contributed by atoms with E-state index >= 15 is 0 Å². The molecule has 0 aromatic carbocycles. The Morgan fingerprint density at radius 3 is 1.86 bits per heavy atom. The molecule has 2 N–H and O–H groups in total. The molecule has 0 saturated heterocycles. The highest BCUT2D eigenvalue weighted by Gasteiger charge is 2.08. The van der Waals surface area contributed by atoms with Gasteiger partial charge in [0.1, 0.15) is 13.5 Å². The van der Waals surface area contributed by atoms with Crippen molar-refractivity contribution in [3.8, 4) is 0 Å². The van der Waals surface area contributed by atoms with Crippen LogP contribution in [0.5, 0.6) is 0 Å². The summed E-state index contributed by atoms with van der Waals surface area (Å²) in [5.41, 5.74) is 5.13. The van der Waals surface area contributed by atoms with Gasteiger partial charge in [0, 0.05) is 13.2 Å². The zero-order valence-electron chi connectivity index (χ0n) is 8.99. The monoisotopic (exact) mass is 204 g/mol. The van der Waals surface area contributed by atoms with Crippen LogP contribution in [0.4, 0.5) is 4.79 Å². The van der Waals surface area contributed by atoms with Gasteiger partial charge in [0.25, 0.3) is 0 Å². The molecular formula is C9H20N2O3. The van der Waals surface area contributed by atoms with Crippen molar-refractivity contribution in [3.63, 3.8) is 0 Å². The van der Waals surface area contributed by atoms with E-state index in [0.717, 1.165) is 12.8 Å². The van der Waals surface area contributed by atoms with E-state index in [-0.39, 0.29) is 13.5 Å². The van der Waals surface area contributed by atoms with E-state index in [9.17, 15) is 4.79 Å². The second kappa shape index (κ2) is 8.77. The molecule has 0 bridgehead atoms. The number of nitrogens with zero attached hydrogens (tertiary/aromatic N) is 1.